The molecule has 180 valence electrons. The first-order chi connectivity index (χ1) is 16.1. The SMILES string of the molecule is CCC[C@H]1CC[C@H](CC[C@H]2CC[C@H](c3ccc(CCc4ccc(Cl)c(F)c4)cc3)CC2)CC1. The van der Waals surface area contributed by atoms with Crippen LogP contribution in [0.3, 0.4) is 0 Å². The molecule has 2 aromatic carbocycles. The molecule has 0 nitrogen and oxygen atoms in total. The van der Waals surface area contributed by atoms with E-state index in [-0.39, 0.29) is 10.8 Å². The molecule has 0 atom stereocenters. The summed E-state index contributed by atoms with van der Waals surface area (Å²) in [4.78, 5) is 0. The molecule has 33 heavy (non-hydrogen) atoms. The smallest absolute Gasteiger partial charge is 0.142 e. The molecule has 0 spiro atoms. The highest BCUT2D eigenvalue weighted by Gasteiger charge is 2.25. The zero-order valence-corrected chi connectivity index (χ0v) is 21.3. The third kappa shape index (κ3) is 7.32. The fourth-order valence-electron chi connectivity index (χ4n) is 6.41. The van der Waals surface area contributed by atoms with E-state index in [4.69, 9.17) is 11.6 Å². The highest BCUT2D eigenvalue weighted by Crippen LogP contribution is 2.40. The second-order valence-corrected chi connectivity index (χ2v) is 11.4. The fourth-order valence-corrected chi connectivity index (χ4v) is 6.53. The van der Waals surface area contributed by atoms with Gasteiger partial charge in [0.15, 0.2) is 0 Å². The highest BCUT2D eigenvalue weighted by molar-refractivity contribution is 6.30. The van der Waals surface area contributed by atoms with E-state index in [0.29, 0.717) is 0 Å². The zero-order chi connectivity index (χ0) is 23.0. The lowest BCUT2D eigenvalue weighted by molar-refractivity contribution is 0.224. The van der Waals surface area contributed by atoms with Crippen LogP contribution in [0, 0.1) is 23.6 Å². The normalized spacial score (nSPS) is 25.8. The maximum absolute atomic E-state index is 13.6. The second kappa shape index (κ2) is 12.4. The Morgan fingerprint density at radius 3 is 1.79 bits per heavy atom. The van der Waals surface area contributed by atoms with Crippen LogP contribution in [0.2, 0.25) is 5.02 Å². The van der Waals surface area contributed by atoms with E-state index in [9.17, 15) is 4.39 Å². The van der Waals surface area contributed by atoms with Crippen molar-refractivity contribution in [3.8, 4) is 0 Å². The predicted octanol–water partition coefficient (Wildman–Crippen LogP) is 9.92. The molecule has 0 heterocycles. The van der Waals surface area contributed by atoms with Crippen LogP contribution in [0.25, 0.3) is 0 Å². The van der Waals surface area contributed by atoms with Crippen molar-refractivity contribution in [3.63, 3.8) is 0 Å². The van der Waals surface area contributed by atoms with Crippen LogP contribution in [-0.4, -0.2) is 0 Å². The lowest BCUT2D eigenvalue weighted by Gasteiger charge is -2.32. The molecule has 0 radical (unpaired) electrons. The standard InChI is InChI=1S/C31H42ClF/c1-2-3-23-4-6-24(7-5-23)8-9-25-12-17-28(18-13-25)29-19-14-26(15-20-29)10-11-27-16-21-30(32)31(33)22-27/h14-16,19-25,28H,2-13,17-18H2,1H3/t23-,24-,25-,28-. The summed E-state index contributed by atoms with van der Waals surface area (Å²) < 4.78 is 13.6. The third-order valence-corrected chi connectivity index (χ3v) is 8.94. The molecule has 2 fully saturated rings. The minimum atomic E-state index is -0.320. The summed E-state index contributed by atoms with van der Waals surface area (Å²) in [5.41, 5.74) is 3.86. The molecule has 0 N–H and O–H groups in total. The van der Waals surface area contributed by atoms with Crippen LogP contribution in [0.4, 0.5) is 4.39 Å². The predicted molar refractivity (Wildman–Crippen MR) is 140 cm³/mol. The molecule has 2 heteroatoms. The summed E-state index contributed by atoms with van der Waals surface area (Å²) in [5, 5.41) is 0.201. The summed E-state index contributed by atoms with van der Waals surface area (Å²) in [7, 11) is 0. The summed E-state index contributed by atoms with van der Waals surface area (Å²) in [5.74, 6) is 3.44. The number of hydrogen-bond acceptors (Lipinski definition) is 0. The minimum Gasteiger partial charge on any atom is -0.205 e. The molecule has 0 saturated heterocycles. The van der Waals surface area contributed by atoms with Gasteiger partial charge in [0.1, 0.15) is 5.82 Å². The van der Waals surface area contributed by atoms with Crippen LogP contribution in [0.5, 0.6) is 0 Å². The van der Waals surface area contributed by atoms with Crippen molar-refractivity contribution in [3.05, 3.63) is 70.0 Å². The molecular formula is C31H42ClF. The first kappa shape index (κ1) is 24.8. The van der Waals surface area contributed by atoms with E-state index >= 15 is 0 Å². The van der Waals surface area contributed by atoms with Crippen LogP contribution < -0.4 is 0 Å². The quantitative estimate of drug-likeness (QED) is 0.343. The van der Waals surface area contributed by atoms with Crippen LogP contribution in [-0.2, 0) is 12.8 Å². The highest BCUT2D eigenvalue weighted by atomic mass is 35.5. The Balaban J connectivity index is 1.16. The van der Waals surface area contributed by atoms with Gasteiger partial charge in [-0.15, -0.1) is 0 Å². The van der Waals surface area contributed by atoms with Gasteiger partial charge in [0, 0.05) is 0 Å². The Hall–Kier alpha value is -1.34. The third-order valence-electron chi connectivity index (χ3n) is 8.63. The average molecular weight is 469 g/mol. The van der Waals surface area contributed by atoms with Crippen molar-refractivity contribution >= 4 is 11.6 Å². The lowest BCUT2D eigenvalue weighted by Crippen LogP contribution is -2.17. The first-order valence-corrected chi connectivity index (χ1v) is 14.0. The van der Waals surface area contributed by atoms with Gasteiger partial charge in [0.2, 0.25) is 0 Å². The molecule has 0 bridgehead atoms. The second-order valence-electron chi connectivity index (χ2n) is 11.0. The van der Waals surface area contributed by atoms with Gasteiger partial charge in [-0.05, 0) is 91.0 Å². The van der Waals surface area contributed by atoms with E-state index < -0.39 is 0 Å². The summed E-state index contributed by atoms with van der Waals surface area (Å²) in [6.45, 7) is 2.34. The Morgan fingerprint density at radius 1 is 0.697 bits per heavy atom. The van der Waals surface area contributed by atoms with E-state index in [0.717, 1.165) is 42.1 Å². The van der Waals surface area contributed by atoms with Gasteiger partial charge in [-0.1, -0.05) is 100 Å². The van der Waals surface area contributed by atoms with Gasteiger partial charge in [0.05, 0.1) is 5.02 Å². The van der Waals surface area contributed by atoms with Crippen molar-refractivity contribution in [2.24, 2.45) is 17.8 Å². The molecule has 2 saturated carbocycles. The molecular weight excluding hydrogens is 427 g/mol. The van der Waals surface area contributed by atoms with Crippen molar-refractivity contribution in [2.45, 2.75) is 103 Å². The van der Waals surface area contributed by atoms with E-state index in [1.165, 1.54) is 88.2 Å². The number of benzene rings is 2. The molecule has 0 unspecified atom stereocenters. The number of hydrogen-bond donors (Lipinski definition) is 0. The van der Waals surface area contributed by atoms with E-state index in [1.54, 1.807) is 12.1 Å². The monoisotopic (exact) mass is 468 g/mol. The maximum Gasteiger partial charge on any atom is 0.142 e. The Bertz CT molecular complexity index is 842. The summed E-state index contributed by atoms with van der Waals surface area (Å²) in [6, 6.07) is 14.4. The van der Waals surface area contributed by atoms with Crippen molar-refractivity contribution < 1.29 is 4.39 Å². The van der Waals surface area contributed by atoms with Crippen molar-refractivity contribution in [1.29, 1.82) is 0 Å². The summed E-state index contributed by atoms with van der Waals surface area (Å²) >= 11 is 5.79. The molecule has 0 amide bonds. The largest absolute Gasteiger partial charge is 0.205 e. The van der Waals surface area contributed by atoms with E-state index in [1.807, 2.05) is 6.07 Å². The Morgan fingerprint density at radius 2 is 1.21 bits per heavy atom. The Labute approximate surface area is 206 Å². The molecule has 4 rings (SSSR count). The van der Waals surface area contributed by atoms with Crippen LogP contribution in [0.15, 0.2) is 42.5 Å². The summed E-state index contributed by atoms with van der Waals surface area (Å²) in [6.07, 6.45) is 19.1. The van der Waals surface area contributed by atoms with Gasteiger partial charge in [-0.3, -0.25) is 0 Å². The fraction of sp³-hybridized carbons (Fsp3) is 0.613. The number of rotatable bonds is 9. The van der Waals surface area contributed by atoms with Gasteiger partial charge >= 0.3 is 0 Å². The van der Waals surface area contributed by atoms with Gasteiger partial charge in [-0.2, -0.15) is 0 Å². The van der Waals surface area contributed by atoms with Gasteiger partial charge in [-0.25, -0.2) is 4.39 Å². The van der Waals surface area contributed by atoms with E-state index in [2.05, 4.69) is 31.2 Å². The van der Waals surface area contributed by atoms with Gasteiger partial charge < -0.3 is 0 Å². The molecule has 2 aliphatic rings. The van der Waals surface area contributed by atoms with Crippen molar-refractivity contribution in [1.82, 2.24) is 0 Å². The lowest BCUT2D eigenvalue weighted by atomic mass is 9.74. The maximum atomic E-state index is 13.6. The van der Waals surface area contributed by atoms with Crippen molar-refractivity contribution in [2.75, 3.05) is 0 Å². The number of aryl methyl sites for hydroxylation is 2. The van der Waals surface area contributed by atoms with Crippen LogP contribution in [0.1, 0.15) is 107 Å². The molecule has 0 aliphatic heterocycles. The number of halogens is 2. The molecule has 0 aromatic heterocycles. The molecule has 2 aliphatic carbocycles. The van der Waals surface area contributed by atoms with Crippen LogP contribution >= 0.6 is 11.6 Å². The average Bonchev–Trinajstić information content (AvgIpc) is 2.85. The topological polar surface area (TPSA) is 0 Å². The van der Waals surface area contributed by atoms with Gasteiger partial charge in [0.25, 0.3) is 0 Å². The zero-order valence-electron chi connectivity index (χ0n) is 20.5. The molecule has 2 aromatic rings. The first-order valence-electron chi connectivity index (χ1n) is 13.6. The minimum absolute atomic E-state index is 0.201. The Kier molecular flexibility index (Phi) is 9.30.